The summed E-state index contributed by atoms with van der Waals surface area (Å²) < 4.78 is 0. The van der Waals surface area contributed by atoms with Crippen LogP contribution in [0.2, 0.25) is 0 Å². The second-order valence-corrected chi connectivity index (χ2v) is 10.1. The number of benzene rings is 2. The van der Waals surface area contributed by atoms with Gasteiger partial charge in [0.2, 0.25) is 0 Å². The lowest BCUT2D eigenvalue weighted by Gasteiger charge is -2.15. The highest BCUT2D eigenvalue weighted by Crippen LogP contribution is 2.28. The number of anilines is 3. The highest BCUT2D eigenvalue weighted by molar-refractivity contribution is 7.11. The molecule has 182 valence electrons. The SMILES string of the molecule is Cc1nnc(Cc2ccc(CNc3cc(NCc4c(C)cc5c(N)nccc5c4C)ncn3)cc2)s1. The number of pyridine rings is 1. The lowest BCUT2D eigenvalue weighted by molar-refractivity contribution is 0.980. The van der Waals surface area contributed by atoms with E-state index in [0.717, 1.165) is 38.8 Å². The van der Waals surface area contributed by atoms with Gasteiger partial charge in [-0.15, -0.1) is 21.5 Å². The van der Waals surface area contributed by atoms with Crippen molar-refractivity contribution < 1.29 is 0 Å². The van der Waals surface area contributed by atoms with Crippen molar-refractivity contribution in [2.75, 3.05) is 16.4 Å². The molecule has 2 aromatic carbocycles. The van der Waals surface area contributed by atoms with Crippen molar-refractivity contribution in [1.82, 2.24) is 25.1 Å². The van der Waals surface area contributed by atoms with Crippen LogP contribution in [0.25, 0.3) is 10.8 Å². The molecular formula is C27H28N8S. The molecular weight excluding hydrogens is 468 g/mol. The summed E-state index contributed by atoms with van der Waals surface area (Å²) in [4.78, 5) is 13.0. The number of nitrogens with one attached hydrogen (secondary N) is 2. The Labute approximate surface area is 214 Å². The van der Waals surface area contributed by atoms with E-state index in [2.05, 4.69) is 80.0 Å². The summed E-state index contributed by atoms with van der Waals surface area (Å²) in [7, 11) is 0. The molecule has 0 bridgehead atoms. The van der Waals surface area contributed by atoms with E-state index in [0.29, 0.717) is 18.9 Å². The van der Waals surface area contributed by atoms with Crippen molar-refractivity contribution >= 4 is 39.6 Å². The number of fused-ring (bicyclic) bond motifs is 1. The number of hydrogen-bond donors (Lipinski definition) is 3. The van der Waals surface area contributed by atoms with Crippen LogP contribution in [0.1, 0.15) is 37.8 Å². The number of aromatic nitrogens is 5. The van der Waals surface area contributed by atoms with Gasteiger partial charge in [0.25, 0.3) is 0 Å². The number of aryl methyl sites for hydroxylation is 3. The minimum atomic E-state index is 0.561. The van der Waals surface area contributed by atoms with Gasteiger partial charge in [0.1, 0.15) is 33.8 Å². The fraction of sp³-hybridized carbons (Fsp3) is 0.222. The molecule has 3 heterocycles. The highest BCUT2D eigenvalue weighted by Gasteiger charge is 2.11. The minimum Gasteiger partial charge on any atom is -0.383 e. The van der Waals surface area contributed by atoms with Gasteiger partial charge in [-0.05, 0) is 66.1 Å². The lowest BCUT2D eigenvalue weighted by atomic mass is 9.96. The maximum Gasteiger partial charge on any atom is 0.131 e. The van der Waals surface area contributed by atoms with Crippen molar-refractivity contribution in [2.24, 2.45) is 0 Å². The van der Waals surface area contributed by atoms with Crippen LogP contribution in [0.3, 0.4) is 0 Å². The van der Waals surface area contributed by atoms with Crippen molar-refractivity contribution in [2.45, 2.75) is 40.3 Å². The number of nitrogens with two attached hydrogens (primary N) is 1. The molecule has 0 aliphatic rings. The Balaban J connectivity index is 1.21. The van der Waals surface area contributed by atoms with Crippen molar-refractivity contribution in [3.63, 3.8) is 0 Å². The van der Waals surface area contributed by atoms with Gasteiger partial charge in [-0.2, -0.15) is 0 Å². The molecule has 9 heteroatoms. The van der Waals surface area contributed by atoms with Crippen LogP contribution >= 0.6 is 11.3 Å². The molecule has 0 saturated heterocycles. The summed E-state index contributed by atoms with van der Waals surface area (Å²) >= 11 is 1.64. The van der Waals surface area contributed by atoms with Gasteiger partial charge in [-0.25, -0.2) is 15.0 Å². The standard InChI is InChI=1S/C27H28N8S/c1-16-10-22-21(8-9-29-27(22)28)17(2)23(16)14-31-25-12-24(32-15-33-25)30-13-20-6-4-19(5-7-20)11-26-35-34-18(3)36-26/h4-10,12,15H,11,13-14H2,1-3H3,(H2,28,29)(H2,30,31,32,33). The second-order valence-electron chi connectivity index (χ2n) is 8.79. The van der Waals surface area contributed by atoms with Gasteiger partial charge < -0.3 is 16.4 Å². The Morgan fingerprint density at radius 2 is 1.53 bits per heavy atom. The normalized spacial score (nSPS) is 11.1. The number of nitrogens with zero attached hydrogens (tertiary/aromatic N) is 5. The zero-order valence-electron chi connectivity index (χ0n) is 20.5. The molecule has 0 atom stereocenters. The summed E-state index contributed by atoms with van der Waals surface area (Å²) in [6, 6.07) is 14.6. The Hall–Kier alpha value is -4.11. The number of hydrogen-bond acceptors (Lipinski definition) is 9. The van der Waals surface area contributed by atoms with Gasteiger partial charge in [0.05, 0.1) is 0 Å². The van der Waals surface area contributed by atoms with E-state index in [-0.39, 0.29) is 0 Å². The minimum absolute atomic E-state index is 0.561. The van der Waals surface area contributed by atoms with Crippen LogP contribution in [0.5, 0.6) is 0 Å². The monoisotopic (exact) mass is 496 g/mol. The first-order chi connectivity index (χ1) is 17.5. The van der Waals surface area contributed by atoms with Crippen molar-refractivity contribution in [3.8, 4) is 0 Å². The van der Waals surface area contributed by atoms with Crippen LogP contribution in [0.4, 0.5) is 17.5 Å². The Bertz CT molecular complexity index is 1510. The molecule has 0 aliphatic heterocycles. The Morgan fingerprint density at radius 1 is 0.806 bits per heavy atom. The van der Waals surface area contributed by atoms with E-state index in [9.17, 15) is 0 Å². The summed E-state index contributed by atoms with van der Waals surface area (Å²) in [5.41, 5.74) is 12.1. The zero-order chi connectivity index (χ0) is 25.1. The largest absolute Gasteiger partial charge is 0.383 e. The van der Waals surface area contributed by atoms with Gasteiger partial charge >= 0.3 is 0 Å². The van der Waals surface area contributed by atoms with Gasteiger partial charge in [0, 0.05) is 37.2 Å². The molecule has 0 spiro atoms. The van der Waals surface area contributed by atoms with E-state index >= 15 is 0 Å². The molecule has 36 heavy (non-hydrogen) atoms. The van der Waals surface area contributed by atoms with Gasteiger partial charge in [-0.1, -0.05) is 24.3 Å². The van der Waals surface area contributed by atoms with Gasteiger partial charge in [0.15, 0.2) is 0 Å². The van der Waals surface area contributed by atoms with Crippen LogP contribution in [0.15, 0.2) is 55.0 Å². The summed E-state index contributed by atoms with van der Waals surface area (Å²) in [6.45, 7) is 7.53. The summed E-state index contributed by atoms with van der Waals surface area (Å²) in [5, 5.41) is 19.3. The third kappa shape index (κ3) is 5.26. The first-order valence-electron chi connectivity index (χ1n) is 11.8. The maximum atomic E-state index is 6.08. The quantitative estimate of drug-likeness (QED) is 0.269. The summed E-state index contributed by atoms with van der Waals surface area (Å²) in [5.74, 6) is 2.10. The van der Waals surface area contributed by atoms with Gasteiger partial charge in [-0.3, -0.25) is 0 Å². The first kappa shape index (κ1) is 23.6. The van der Waals surface area contributed by atoms with E-state index in [1.165, 1.54) is 27.8 Å². The number of nitrogen functional groups attached to an aromatic ring is 1. The van der Waals surface area contributed by atoms with Crippen LogP contribution in [0, 0.1) is 20.8 Å². The third-order valence-corrected chi connectivity index (χ3v) is 7.09. The molecule has 0 aliphatic carbocycles. The predicted molar refractivity (Wildman–Crippen MR) is 146 cm³/mol. The molecule has 0 unspecified atom stereocenters. The first-order valence-corrected chi connectivity index (χ1v) is 12.6. The van der Waals surface area contributed by atoms with Crippen molar-refractivity contribution in [3.05, 3.63) is 92.8 Å². The van der Waals surface area contributed by atoms with Crippen LogP contribution in [-0.4, -0.2) is 25.1 Å². The smallest absolute Gasteiger partial charge is 0.131 e. The Kier molecular flexibility index (Phi) is 6.73. The molecule has 5 rings (SSSR count). The van der Waals surface area contributed by atoms with E-state index in [1.807, 2.05) is 19.1 Å². The van der Waals surface area contributed by atoms with E-state index < -0.39 is 0 Å². The molecule has 4 N–H and O–H groups in total. The van der Waals surface area contributed by atoms with Crippen LogP contribution < -0.4 is 16.4 Å². The lowest BCUT2D eigenvalue weighted by Crippen LogP contribution is -2.08. The zero-order valence-corrected chi connectivity index (χ0v) is 21.4. The number of rotatable bonds is 8. The maximum absolute atomic E-state index is 6.08. The molecule has 0 saturated carbocycles. The fourth-order valence-corrected chi connectivity index (χ4v) is 5.03. The third-order valence-electron chi connectivity index (χ3n) is 6.25. The topological polar surface area (TPSA) is 115 Å². The molecule has 0 radical (unpaired) electrons. The average Bonchev–Trinajstić information content (AvgIpc) is 3.29. The van der Waals surface area contributed by atoms with Crippen LogP contribution in [-0.2, 0) is 19.5 Å². The van der Waals surface area contributed by atoms with E-state index in [4.69, 9.17) is 5.73 Å². The van der Waals surface area contributed by atoms with E-state index in [1.54, 1.807) is 23.9 Å². The predicted octanol–water partition coefficient (Wildman–Crippen LogP) is 5.20. The fourth-order valence-electron chi connectivity index (χ4n) is 4.28. The Morgan fingerprint density at radius 3 is 2.25 bits per heavy atom. The molecule has 5 aromatic rings. The molecule has 0 amide bonds. The van der Waals surface area contributed by atoms with Crippen molar-refractivity contribution in [1.29, 1.82) is 0 Å². The summed E-state index contributed by atoms with van der Waals surface area (Å²) in [6.07, 6.45) is 4.14. The average molecular weight is 497 g/mol. The second kappa shape index (κ2) is 10.2. The highest BCUT2D eigenvalue weighted by atomic mass is 32.1. The molecule has 8 nitrogen and oxygen atoms in total. The molecule has 0 fully saturated rings. The molecule has 3 aromatic heterocycles.